The lowest BCUT2D eigenvalue weighted by molar-refractivity contribution is 0.381. The molecule has 0 bridgehead atoms. The largest absolute Gasteiger partial charge is 0.394 e. The van der Waals surface area contributed by atoms with Crippen molar-refractivity contribution in [1.82, 2.24) is 9.97 Å². The van der Waals surface area contributed by atoms with E-state index in [9.17, 15) is 0 Å². The predicted molar refractivity (Wildman–Crippen MR) is 47.6 cm³/mol. The molecule has 0 aliphatic rings. The van der Waals surface area contributed by atoms with E-state index >= 15 is 0 Å². The first kappa shape index (κ1) is 11.8. The van der Waals surface area contributed by atoms with Gasteiger partial charge in [-0.05, 0) is 13.0 Å². The second kappa shape index (κ2) is 4.75. The van der Waals surface area contributed by atoms with Crippen LogP contribution in [0.5, 0.6) is 0 Å². The van der Waals surface area contributed by atoms with Gasteiger partial charge in [0.25, 0.3) is 0 Å². The number of H-pyrrole nitrogens is 1. The maximum Gasteiger partial charge on any atom is 0.394 e. The zero-order valence-electron chi connectivity index (χ0n) is 6.93. The second-order valence-electron chi connectivity index (χ2n) is 2.06. The Kier molecular flexibility index (Phi) is 4.32. The minimum Gasteiger partial charge on any atom is -0.348 e. The molecule has 0 fully saturated rings. The molecule has 0 radical (unpaired) electrons. The Balaban J connectivity index is 0.000000252. The third-order valence-corrected chi connectivity index (χ3v) is 0.935. The number of nitrogens with zero attached hydrogens (tertiary/aromatic N) is 1. The summed E-state index contributed by atoms with van der Waals surface area (Å²) >= 11 is 0. The van der Waals surface area contributed by atoms with Crippen molar-refractivity contribution in [3.05, 3.63) is 24.3 Å². The lowest BCUT2D eigenvalue weighted by Crippen LogP contribution is -1.89. The number of hydrogen-bond donors (Lipinski definition) is 3. The van der Waals surface area contributed by atoms with Gasteiger partial charge in [0.05, 0.1) is 5.69 Å². The van der Waals surface area contributed by atoms with Crippen LogP contribution in [0.15, 0.2) is 12.8 Å². The highest BCUT2D eigenvalue weighted by molar-refractivity contribution is 7.79. The molecule has 0 aromatic carbocycles. The normalized spacial score (nSPS) is 10.1. The SMILES string of the molecule is C=Cc1c[nH]c(C)n1.O=S(=O)(O)O. The quantitative estimate of drug-likeness (QED) is 0.587. The summed E-state index contributed by atoms with van der Waals surface area (Å²) in [5.41, 5.74) is 0.905. The fourth-order valence-corrected chi connectivity index (χ4v) is 0.541. The minimum absolute atomic E-state index is 0.905. The molecular formula is C6H10N2O4S. The van der Waals surface area contributed by atoms with Crippen LogP contribution in [-0.4, -0.2) is 27.5 Å². The fraction of sp³-hybridized carbons (Fsp3) is 0.167. The van der Waals surface area contributed by atoms with Gasteiger partial charge in [0.1, 0.15) is 5.82 Å². The van der Waals surface area contributed by atoms with Crippen LogP contribution in [0.2, 0.25) is 0 Å². The third-order valence-electron chi connectivity index (χ3n) is 0.935. The Morgan fingerprint density at radius 1 is 1.62 bits per heavy atom. The summed E-state index contributed by atoms with van der Waals surface area (Å²) in [7, 11) is -4.67. The van der Waals surface area contributed by atoms with E-state index in [0.29, 0.717) is 0 Å². The molecule has 13 heavy (non-hydrogen) atoms. The van der Waals surface area contributed by atoms with Crippen LogP contribution in [-0.2, 0) is 10.4 Å². The van der Waals surface area contributed by atoms with Gasteiger partial charge in [-0.15, -0.1) is 0 Å². The molecule has 74 valence electrons. The van der Waals surface area contributed by atoms with Crippen LogP contribution in [0.4, 0.5) is 0 Å². The average molecular weight is 206 g/mol. The van der Waals surface area contributed by atoms with Gasteiger partial charge in [0, 0.05) is 6.20 Å². The summed E-state index contributed by atoms with van der Waals surface area (Å²) in [5, 5.41) is 0. The first-order valence-corrected chi connectivity index (χ1v) is 4.57. The Morgan fingerprint density at radius 2 is 2.08 bits per heavy atom. The molecule has 1 rings (SSSR count). The number of aryl methyl sites for hydroxylation is 1. The fourth-order valence-electron chi connectivity index (χ4n) is 0.541. The van der Waals surface area contributed by atoms with Crippen molar-refractivity contribution in [2.45, 2.75) is 6.92 Å². The minimum atomic E-state index is -4.67. The summed E-state index contributed by atoms with van der Waals surface area (Å²) < 4.78 is 31.6. The second-order valence-corrected chi connectivity index (χ2v) is 2.96. The van der Waals surface area contributed by atoms with Crippen LogP contribution in [0.25, 0.3) is 6.08 Å². The molecule has 1 aromatic heterocycles. The molecule has 0 aliphatic heterocycles. The molecule has 7 heteroatoms. The van der Waals surface area contributed by atoms with Crippen molar-refractivity contribution in [3.8, 4) is 0 Å². The Bertz CT molecular complexity index is 360. The van der Waals surface area contributed by atoms with Crippen molar-refractivity contribution in [1.29, 1.82) is 0 Å². The summed E-state index contributed by atoms with van der Waals surface area (Å²) in [6.45, 7) is 5.47. The van der Waals surface area contributed by atoms with Crippen molar-refractivity contribution in [2.75, 3.05) is 0 Å². The highest BCUT2D eigenvalue weighted by Crippen LogP contribution is 1.94. The van der Waals surface area contributed by atoms with E-state index in [0.717, 1.165) is 11.5 Å². The summed E-state index contributed by atoms with van der Waals surface area (Å²) in [6, 6.07) is 0. The van der Waals surface area contributed by atoms with E-state index in [1.54, 1.807) is 6.08 Å². The first-order valence-electron chi connectivity index (χ1n) is 3.17. The Labute approximate surface area is 75.9 Å². The van der Waals surface area contributed by atoms with E-state index in [2.05, 4.69) is 16.5 Å². The molecule has 1 heterocycles. The highest BCUT2D eigenvalue weighted by atomic mass is 32.3. The van der Waals surface area contributed by atoms with E-state index in [1.165, 1.54) is 0 Å². The van der Waals surface area contributed by atoms with Crippen LogP contribution >= 0.6 is 0 Å². The number of aromatic amines is 1. The molecule has 0 saturated carbocycles. The number of aromatic nitrogens is 2. The number of rotatable bonds is 1. The lowest BCUT2D eigenvalue weighted by Gasteiger charge is -1.73. The molecule has 3 N–H and O–H groups in total. The van der Waals surface area contributed by atoms with Crippen molar-refractivity contribution >= 4 is 16.5 Å². The maximum absolute atomic E-state index is 8.74. The highest BCUT2D eigenvalue weighted by Gasteiger charge is 1.87. The van der Waals surface area contributed by atoms with Crippen LogP contribution < -0.4 is 0 Å². The zero-order valence-corrected chi connectivity index (χ0v) is 7.74. The van der Waals surface area contributed by atoms with Crippen LogP contribution in [0.3, 0.4) is 0 Å². The van der Waals surface area contributed by atoms with Gasteiger partial charge in [-0.1, -0.05) is 6.58 Å². The molecule has 0 amide bonds. The van der Waals surface area contributed by atoms with E-state index in [1.807, 2.05) is 13.1 Å². The van der Waals surface area contributed by atoms with Gasteiger partial charge in [0.15, 0.2) is 0 Å². The zero-order chi connectivity index (χ0) is 10.5. The number of nitrogens with one attached hydrogen (secondary N) is 1. The predicted octanol–water partition coefficient (Wildman–Crippen LogP) is 0.708. The molecule has 0 spiro atoms. The van der Waals surface area contributed by atoms with Crippen LogP contribution in [0.1, 0.15) is 11.5 Å². The summed E-state index contributed by atoms with van der Waals surface area (Å²) in [4.78, 5) is 6.99. The van der Waals surface area contributed by atoms with Gasteiger partial charge in [-0.2, -0.15) is 8.42 Å². The standard InChI is InChI=1S/C6H8N2.H2O4S/c1-3-6-4-7-5(2)8-6;1-5(2,3)4/h3-4H,1H2,2H3,(H,7,8);(H2,1,2,3,4). The smallest absolute Gasteiger partial charge is 0.348 e. The number of imidazole rings is 1. The van der Waals surface area contributed by atoms with Crippen molar-refractivity contribution < 1.29 is 17.5 Å². The topological polar surface area (TPSA) is 103 Å². The summed E-state index contributed by atoms with van der Waals surface area (Å²) in [6.07, 6.45) is 3.53. The van der Waals surface area contributed by atoms with E-state index < -0.39 is 10.4 Å². The van der Waals surface area contributed by atoms with Gasteiger partial charge in [-0.3, -0.25) is 9.11 Å². The molecular weight excluding hydrogens is 196 g/mol. The molecule has 1 aromatic rings. The molecule has 0 atom stereocenters. The van der Waals surface area contributed by atoms with Crippen molar-refractivity contribution in [3.63, 3.8) is 0 Å². The van der Waals surface area contributed by atoms with Crippen LogP contribution in [0, 0.1) is 6.92 Å². The van der Waals surface area contributed by atoms with E-state index in [-0.39, 0.29) is 0 Å². The molecule has 6 nitrogen and oxygen atoms in total. The van der Waals surface area contributed by atoms with Gasteiger partial charge < -0.3 is 4.98 Å². The Hall–Kier alpha value is -1.18. The van der Waals surface area contributed by atoms with Gasteiger partial charge in [0.2, 0.25) is 0 Å². The molecule has 0 unspecified atom stereocenters. The van der Waals surface area contributed by atoms with Gasteiger partial charge >= 0.3 is 10.4 Å². The van der Waals surface area contributed by atoms with Gasteiger partial charge in [-0.25, -0.2) is 4.98 Å². The molecule has 0 aliphatic carbocycles. The average Bonchev–Trinajstić information content (AvgIpc) is 2.31. The monoisotopic (exact) mass is 206 g/mol. The maximum atomic E-state index is 8.74. The lowest BCUT2D eigenvalue weighted by atomic mass is 10.5. The third kappa shape index (κ3) is 8.73. The van der Waals surface area contributed by atoms with E-state index in [4.69, 9.17) is 17.5 Å². The number of hydrogen-bond acceptors (Lipinski definition) is 3. The summed E-state index contributed by atoms with van der Waals surface area (Å²) in [5.74, 6) is 0.930. The first-order chi connectivity index (χ1) is 5.83. The Morgan fingerprint density at radius 3 is 2.23 bits per heavy atom. The van der Waals surface area contributed by atoms with Crippen molar-refractivity contribution in [2.24, 2.45) is 0 Å². The molecule has 0 saturated heterocycles.